The zero-order valence-electron chi connectivity index (χ0n) is 11.1. The molecule has 0 aliphatic rings. The molecule has 0 bridgehead atoms. The molecule has 2 atom stereocenters. The largest absolute Gasteiger partial charge is 0.310 e. The maximum Gasteiger partial charge on any atom is 0.173 e. The minimum atomic E-state index is -0.815. The van der Waals surface area contributed by atoms with E-state index in [1.807, 2.05) is 6.92 Å². The van der Waals surface area contributed by atoms with Crippen LogP contribution in [-0.4, -0.2) is 6.54 Å². The van der Waals surface area contributed by atoms with Crippen LogP contribution >= 0.6 is 15.9 Å². The summed E-state index contributed by atoms with van der Waals surface area (Å²) in [6, 6.07) is 2.89. The van der Waals surface area contributed by atoms with Gasteiger partial charge in [-0.2, -0.15) is 0 Å². The van der Waals surface area contributed by atoms with Gasteiger partial charge < -0.3 is 5.32 Å². The molecule has 18 heavy (non-hydrogen) atoms. The van der Waals surface area contributed by atoms with Gasteiger partial charge in [-0.25, -0.2) is 8.78 Å². The summed E-state index contributed by atoms with van der Waals surface area (Å²) in [7, 11) is 0. The number of hydrogen-bond acceptors (Lipinski definition) is 1. The molecular weight excluding hydrogens is 300 g/mol. The Hall–Kier alpha value is -0.480. The number of benzene rings is 1. The minimum absolute atomic E-state index is 0.0504. The van der Waals surface area contributed by atoms with E-state index in [0.29, 0.717) is 5.92 Å². The van der Waals surface area contributed by atoms with Gasteiger partial charge in [-0.05, 0) is 46.4 Å². The van der Waals surface area contributed by atoms with Crippen LogP contribution in [0.1, 0.15) is 45.2 Å². The van der Waals surface area contributed by atoms with E-state index in [2.05, 4.69) is 35.1 Å². The zero-order valence-corrected chi connectivity index (χ0v) is 12.7. The van der Waals surface area contributed by atoms with Crippen molar-refractivity contribution in [1.82, 2.24) is 5.32 Å². The van der Waals surface area contributed by atoms with E-state index in [-0.39, 0.29) is 10.5 Å². The normalized spacial score (nSPS) is 14.6. The summed E-state index contributed by atoms with van der Waals surface area (Å²) in [6.45, 7) is 7.11. The van der Waals surface area contributed by atoms with Crippen LogP contribution in [0.25, 0.3) is 0 Å². The van der Waals surface area contributed by atoms with Gasteiger partial charge in [0.05, 0.1) is 4.47 Å². The van der Waals surface area contributed by atoms with Crippen LogP contribution in [-0.2, 0) is 0 Å². The number of rotatable bonds is 6. The second-order valence-electron chi connectivity index (χ2n) is 4.62. The van der Waals surface area contributed by atoms with Crippen LogP contribution in [0.15, 0.2) is 16.6 Å². The Bertz CT molecular complexity index is 396. The fourth-order valence-corrected chi connectivity index (χ4v) is 2.54. The Morgan fingerprint density at radius 3 is 2.50 bits per heavy atom. The topological polar surface area (TPSA) is 12.0 Å². The van der Waals surface area contributed by atoms with Gasteiger partial charge in [0.1, 0.15) is 0 Å². The fourth-order valence-electron chi connectivity index (χ4n) is 1.95. The molecule has 1 nitrogen and oxygen atoms in total. The lowest BCUT2D eigenvalue weighted by Gasteiger charge is -2.23. The van der Waals surface area contributed by atoms with Crippen LogP contribution in [0.3, 0.4) is 0 Å². The third-order valence-corrected chi connectivity index (χ3v) is 4.03. The van der Waals surface area contributed by atoms with E-state index >= 15 is 0 Å². The lowest BCUT2D eigenvalue weighted by molar-refractivity contribution is 0.404. The quantitative estimate of drug-likeness (QED) is 0.742. The van der Waals surface area contributed by atoms with Gasteiger partial charge in [-0.15, -0.1) is 0 Å². The molecule has 2 unspecified atom stereocenters. The first kappa shape index (κ1) is 15.6. The highest BCUT2D eigenvalue weighted by Gasteiger charge is 2.19. The van der Waals surface area contributed by atoms with Gasteiger partial charge in [-0.3, -0.25) is 0 Å². The highest BCUT2D eigenvalue weighted by atomic mass is 79.9. The van der Waals surface area contributed by atoms with E-state index in [0.717, 1.165) is 24.9 Å². The van der Waals surface area contributed by atoms with Gasteiger partial charge in [0.25, 0.3) is 0 Å². The highest BCUT2D eigenvalue weighted by molar-refractivity contribution is 9.10. The van der Waals surface area contributed by atoms with E-state index in [1.165, 1.54) is 6.07 Å². The van der Waals surface area contributed by atoms with Crippen molar-refractivity contribution in [3.05, 3.63) is 33.8 Å². The molecule has 1 N–H and O–H groups in total. The van der Waals surface area contributed by atoms with Crippen LogP contribution in [0, 0.1) is 17.6 Å². The van der Waals surface area contributed by atoms with Crippen LogP contribution < -0.4 is 5.32 Å². The predicted octanol–water partition coefficient (Wildman–Crippen LogP) is 4.81. The smallest absolute Gasteiger partial charge is 0.173 e. The molecule has 1 rings (SSSR count). The molecule has 0 radical (unpaired) electrons. The fraction of sp³-hybridized carbons (Fsp3) is 0.571. The second kappa shape index (κ2) is 7.19. The second-order valence-corrected chi connectivity index (χ2v) is 5.42. The van der Waals surface area contributed by atoms with Crippen LogP contribution in [0.2, 0.25) is 0 Å². The summed E-state index contributed by atoms with van der Waals surface area (Å²) in [5.74, 6) is -1.09. The molecule has 102 valence electrons. The van der Waals surface area contributed by atoms with Crippen LogP contribution in [0.4, 0.5) is 8.78 Å². The van der Waals surface area contributed by atoms with E-state index in [1.54, 1.807) is 6.07 Å². The summed E-state index contributed by atoms with van der Waals surface area (Å²) in [5, 5.41) is 3.33. The maximum atomic E-state index is 13.6. The first-order chi connectivity index (χ1) is 8.51. The van der Waals surface area contributed by atoms with Crippen molar-refractivity contribution in [2.24, 2.45) is 5.92 Å². The van der Waals surface area contributed by atoms with Gasteiger partial charge in [0, 0.05) is 6.04 Å². The first-order valence-electron chi connectivity index (χ1n) is 6.37. The number of nitrogens with one attached hydrogen (secondary N) is 1. The average Bonchev–Trinajstić information content (AvgIpc) is 2.35. The van der Waals surface area contributed by atoms with E-state index in [9.17, 15) is 8.78 Å². The molecule has 1 aromatic rings. The monoisotopic (exact) mass is 319 g/mol. The zero-order chi connectivity index (χ0) is 13.7. The lowest BCUT2D eigenvalue weighted by Crippen LogP contribution is -2.23. The third-order valence-electron chi connectivity index (χ3n) is 3.23. The number of hydrogen-bond donors (Lipinski definition) is 1. The first-order valence-corrected chi connectivity index (χ1v) is 7.17. The molecule has 4 heteroatoms. The molecule has 0 amide bonds. The van der Waals surface area contributed by atoms with E-state index in [4.69, 9.17) is 0 Å². The van der Waals surface area contributed by atoms with Crippen LogP contribution in [0.5, 0.6) is 0 Å². The summed E-state index contributed by atoms with van der Waals surface area (Å²) < 4.78 is 26.9. The molecule has 0 saturated carbocycles. The predicted molar refractivity (Wildman–Crippen MR) is 74.5 cm³/mol. The number of halogens is 3. The summed E-state index contributed by atoms with van der Waals surface area (Å²) in [6.07, 6.45) is 1.98. The third kappa shape index (κ3) is 3.75. The molecule has 0 aliphatic heterocycles. The molecule has 1 aromatic carbocycles. The summed E-state index contributed by atoms with van der Waals surface area (Å²) >= 11 is 3.16. The van der Waals surface area contributed by atoms with Gasteiger partial charge in [0.15, 0.2) is 11.6 Å². The summed E-state index contributed by atoms with van der Waals surface area (Å²) in [4.78, 5) is 0. The van der Waals surface area contributed by atoms with E-state index < -0.39 is 11.6 Å². The van der Waals surface area contributed by atoms with Gasteiger partial charge >= 0.3 is 0 Å². The lowest BCUT2D eigenvalue weighted by atomic mass is 9.94. The molecule has 0 heterocycles. The Labute approximate surface area is 116 Å². The van der Waals surface area contributed by atoms with Crippen molar-refractivity contribution >= 4 is 15.9 Å². The standard InChI is InChI=1S/C14H20BrF2N/c1-4-9(3)8-12(18-5-2)10-6-7-11(16)14(17)13(10)15/h6-7,9,12,18H,4-5,8H2,1-3H3. The van der Waals surface area contributed by atoms with Crippen molar-refractivity contribution in [3.8, 4) is 0 Å². The van der Waals surface area contributed by atoms with Crippen molar-refractivity contribution in [2.45, 2.75) is 39.7 Å². The SMILES string of the molecule is CCNC(CC(C)CC)c1ccc(F)c(F)c1Br. The maximum absolute atomic E-state index is 13.6. The van der Waals surface area contributed by atoms with Crippen molar-refractivity contribution in [1.29, 1.82) is 0 Å². The van der Waals surface area contributed by atoms with Crippen molar-refractivity contribution < 1.29 is 8.78 Å². The highest BCUT2D eigenvalue weighted by Crippen LogP contribution is 2.31. The molecule has 0 fully saturated rings. The molecule has 0 spiro atoms. The van der Waals surface area contributed by atoms with Crippen molar-refractivity contribution in [2.75, 3.05) is 6.54 Å². The average molecular weight is 320 g/mol. The molecule has 0 aromatic heterocycles. The minimum Gasteiger partial charge on any atom is -0.310 e. The molecular formula is C14H20BrF2N. The Morgan fingerprint density at radius 2 is 1.94 bits per heavy atom. The summed E-state index contributed by atoms with van der Waals surface area (Å²) in [5.41, 5.74) is 0.788. The molecule has 0 saturated heterocycles. The van der Waals surface area contributed by atoms with Gasteiger partial charge in [0.2, 0.25) is 0 Å². The van der Waals surface area contributed by atoms with Crippen molar-refractivity contribution in [3.63, 3.8) is 0 Å². The molecule has 0 aliphatic carbocycles. The van der Waals surface area contributed by atoms with Gasteiger partial charge in [-0.1, -0.05) is 33.3 Å². The Balaban J connectivity index is 3.02. The Kier molecular flexibility index (Phi) is 6.22. The Morgan fingerprint density at radius 1 is 1.28 bits per heavy atom.